The van der Waals surface area contributed by atoms with E-state index in [1.165, 1.54) is 12.1 Å². The number of likely N-dealkylation sites (tertiary alicyclic amines) is 1. The molecule has 0 spiro atoms. The third kappa shape index (κ3) is 3.67. The summed E-state index contributed by atoms with van der Waals surface area (Å²) in [5, 5.41) is 0. The lowest BCUT2D eigenvalue weighted by Crippen LogP contribution is -2.41. The number of halogens is 3. The first-order valence-corrected chi connectivity index (χ1v) is 7.65. The summed E-state index contributed by atoms with van der Waals surface area (Å²) in [5.41, 5.74) is -0.465. The molecule has 2 aliphatic rings. The molecule has 7 heteroatoms. The molecule has 0 aromatic heterocycles. The van der Waals surface area contributed by atoms with Crippen LogP contribution < -0.4 is 0 Å². The van der Waals surface area contributed by atoms with Gasteiger partial charge in [-0.1, -0.05) is 0 Å². The molecule has 0 saturated carbocycles. The first-order valence-electron chi connectivity index (χ1n) is 7.65. The van der Waals surface area contributed by atoms with E-state index in [2.05, 4.69) is 0 Å². The highest BCUT2D eigenvalue weighted by Crippen LogP contribution is 2.30. The van der Waals surface area contributed by atoms with E-state index in [1.54, 1.807) is 4.90 Å². The molecule has 0 N–H and O–H groups in total. The number of ether oxygens (including phenoxy) is 2. The minimum atomic E-state index is -4.39. The number of piperidine rings is 1. The van der Waals surface area contributed by atoms with E-state index in [0.717, 1.165) is 25.0 Å². The Balaban J connectivity index is 1.58. The molecule has 0 bridgehead atoms. The van der Waals surface area contributed by atoms with Crippen molar-refractivity contribution >= 4 is 5.91 Å². The van der Waals surface area contributed by atoms with Crippen molar-refractivity contribution in [1.82, 2.24) is 4.90 Å². The zero-order valence-corrected chi connectivity index (χ0v) is 12.5. The Morgan fingerprint density at radius 2 is 1.61 bits per heavy atom. The van der Waals surface area contributed by atoms with Crippen molar-refractivity contribution in [2.24, 2.45) is 5.92 Å². The van der Waals surface area contributed by atoms with Gasteiger partial charge in [-0.25, -0.2) is 0 Å². The lowest BCUT2D eigenvalue weighted by molar-refractivity contribution is -0.137. The molecule has 2 saturated heterocycles. The van der Waals surface area contributed by atoms with Crippen LogP contribution in [0.3, 0.4) is 0 Å². The first kappa shape index (κ1) is 16.3. The lowest BCUT2D eigenvalue weighted by Gasteiger charge is -2.33. The van der Waals surface area contributed by atoms with E-state index in [4.69, 9.17) is 9.47 Å². The van der Waals surface area contributed by atoms with Crippen LogP contribution in [0.4, 0.5) is 13.2 Å². The summed E-state index contributed by atoms with van der Waals surface area (Å²) < 4.78 is 48.6. The summed E-state index contributed by atoms with van der Waals surface area (Å²) in [5.74, 6) is 0.0413. The number of carbonyl (C=O) groups is 1. The molecule has 2 heterocycles. The lowest BCUT2D eigenvalue weighted by atomic mass is 9.95. The van der Waals surface area contributed by atoms with E-state index in [0.29, 0.717) is 26.3 Å². The monoisotopic (exact) mass is 329 g/mol. The maximum Gasteiger partial charge on any atom is 0.416 e. The van der Waals surface area contributed by atoms with Gasteiger partial charge in [0.05, 0.1) is 18.8 Å². The summed E-state index contributed by atoms with van der Waals surface area (Å²) in [4.78, 5) is 14.0. The van der Waals surface area contributed by atoms with Crippen molar-refractivity contribution in [3.05, 3.63) is 35.4 Å². The average Bonchev–Trinajstić information content (AvgIpc) is 3.08. The number of carbonyl (C=O) groups excluding carboxylic acids is 1. The molecular formula is C16H18F3NO3. The summed E-state index contributed by atoms with van der Waals surface area (Å²) in [6.07, 6.45) is -3.02. The van der Waals surface area contributed by atoms with Crippen LogP contribution >= 0.6 is 0 Å². The number of hydrogen-bond acceptors (Lipinski definition) is 3. The number of nitrogens with zero attached hydrogens (tertiary/aromatic N) is 1. The minimum Gasteiger partial charge on any atom is -0.350 e. The van der Waals surface area contributed by atoms with Crippen LogP contribution in [0, 0.1) is 5.92 Å². The highest BCUT2D eigenvalue weighted by Gasteiger charge is 2.33. The fourth-order valence-corrected chi connectivity index (χ4v) is 3.01. The fourth-order valence-electron chi connectivity index (χ4n) is 3.01. The molecule has 2 fully saturated rings. The van der Waals surface area contributed by atoms with Crippen LogP contribution in [-0.4, -0.2) is 43.4 Å². The molecule has 0 atom stereocenters. The minimum absolute atomic E-state index is 0.182. The van der Waals surface area contributed by atoms with Crippen molar-refractivity contribution < 1.29 is 27.4 Å². The largest absolute Gasteiger partial charge is 0.416 e. The van der Waals surface area contributed by atoms with Gasteiger partial charge in [-0.2, -0.15) is 13.2 Å². The third-order valence-corrected chi connectivity index (χ3v) is 4.32. The molecule has 1 aromatic rings. The Morgan fingerprint density at radius 3 is 2.13 bits per heavy atom. The van der Waals surface area contributed by atoms with Gasteiger partial charge in [-0.3, -0.25) is 4.79 Å². The Morgan fingerprint density at radius 1 is 1.04 bits per heavy atom. The molecule has 3 rings (SSSR count). The Labute approximate surface area is 132 Å². The van der Waals surface area contributed by atoms with Gasteiger partial charge in [-0.15, -0.1) is 0 Å². The molecule has 1 aromatic carbocycles. The highest BCUT2D eigenvalue weighted by molar-refractivity contribution is 5.94. The molecule has 0 aliphatic carbocycles. The van der Waals surface area contributed by atoms with Crippen molar-refractivity contribution in [1.29, 1.82) is 0 Å². The topological polar surface area (TPSA) is 38.8 Å². The summed E-state index contributed by atoms with van der Waals surface area (Å²) in [6, 6.07) is 4.36. The van der Waals surface area contributed by atoms with Gasteiger partial charge in [0.15, 0.2) is 6.29 Å². The number of hydrogen-bond donors (Lipinski definition) is 0. The number of alkyl halides is 3. The molecule has 0 unspecified atom stereocenters. The van der Waals surface area contributed by atoms with Gasteiger partial charge in [0.25, 0.3) is 5.91 Å². The maximum absolute atomic E-state index is 12.5. The first-order chi connectivity index (χ1) is 10.9. The van der Waals surface area contributed by atoms with Crippen LogP contribution in [0.1, 0.15) is 28.8 Å². The van der Waals surface area contributed by atoms with Crippen molar-refractivity contribution in [2.45, 2.75) is 25.3 Å². The second-order valence-corrected chi connectivity index (χ2v) is 5.81. The van der Waals surface area contributed by atoms with Gasteiger partial charge in [0.1, 0.15) is 0 Å². The molecule has 1 amide bonds. The smallest absolute Gasteiger partial charge is 0.350 e. The van der Waals surface area contributed by atoms with Crippen LogP contribution in [-0.2, 0) is 15.7 Å². The van der Waals surface area contributed by atoms with Gasteiger partial charge >= 0.3 is 6.18 Å². The van der Waals surface area contributed by atoms with Crippen LogP contribution in [0.2, 0.25) is 0 Å². The van der Waals surface area contributed by atoms with E-state index in [1.807, 2.05) is 0 Å². The maximum atomic E-state index is 12.5. The zero-order valence-electron chi connectivity index (χ0n) is 12.5. The van der Waals surface area contributed by atoms with E-state index < -0.39 is 11.7 Å². The summed E-state index contributed by atoms with van der Waals surface area (Å²) in [7, 11) is 0. The van der Waals surface area contributed by atoms with Crippen molar-refractivity contribution in [3.63, 3.8) is 0 Å². The molecule has 23 heavy (non-hydrogen) atoms. The number of amides is 1. The predicted molar refractivity (Wildman–Crippen MR) is 75.8 cm³/mol. The highest BCUT2D eigenvalue weighted by atomic mass is 19.4. The normalized spacial score (nSPS) is 20.9. The van der Waals surface area contributed by atoms with Crippen molar-refractivity contribution in [2.75, 3.05) is 26.3 Å². The van der Waals surface area contributed by atoms with Crippen molar-refractivity contribution in [3.8, 4) is 0 Å². The molecule has 0 radical (unpaired) electrons. The summed E-state index contributed by atoms with van der Waals surface area (Å²) >= 11 is 0. The quantitative estimate of drug-likeness (QED) is 0.837. The second kappa shape index (κ2) is 6.49. The zero-order chi connectivity index (χ0) is 16.4. The number of rotatable bonds is 2. The van der Waals surface area contributed by atoms with Gasteiger partial charge in [-0.05, 0) is 37.1 Å². The van der Waals surface area contributed by atoms with E-state index in [9.17, 15) is 18.0 Å². The standard InChI is InChI=1S/C16H18F3NO3/c17-16(18,19)13-3-1-11(2-4-13)14(21)20-7-5-12(6-8-20)15-22-9-10-23-15/h1-4,12,15H,5-10H2. The van der Waals surface area contributed by atoms with Gasteiger partial charge < -0.3 is 14.4 Å². The SMILES string of the molecule is O=C(c1ccc(C(F)(F)F)cc1)N1CCC(C2OCCO2)CC1. The molecule has 2 aliphatic heterocycles. The summed E-state index contributed by atoms with van der Waals surface area (Å²) in [6.45, 7) is 2.34. The van der Waals surface area contributed by atoms with Gasteiger partial charge in [0, 0.05) is 24.6 Å². The number of benzene rings is 1. The Kier molecular flexibility index (Phi) is 4.59. The van der Waals surface area contributed by atoms with E-state index >= 15 is 0 Å². The predicted octanol–water partition coefficient (Wildman–Crippen LogP) is 2.93. The molecular weight excluding hydrogens is 311 g/mol. The van der Waals surface area contributed by atoms with Crippen LogP contribution in [0.25, 0.3) is 0 Å². The van der Waals surface area contributed by atoms with Crippen LogP contribution in [0.15, 0.2) is 24.3 Å². The molecule has 4 nitrogen and oxygen atoms in total. The van der Waals surface area contributed by atoms with Gasteiger partial charge in [0.2, 0.25) is 0 Å². The Bertz CT molecular complexity index is 545. The third-order valence-electron chi connectivity index (χ3n) is 4.32. The van der Waals surface area contributed by atoms with E-state index in [-0.39, 0.29) is 23.7 Å². The molecule has 126 valence electrons. The average molecular weight is 329 g/mol. The Hall–Kier alpha value is -1.60. The fraction of sp³-hybridized carbons (Fsp3) is 0.562. The van der Waals surface area contributed by atoms with Crippen LogP contribution in [0.5, 0.6) is 0 Å². The second-order valence-electron chi connectivity index (χ2n) is 5.81.